The summed E-state index contributed by atoms with van der Waals surface area (Å²) in [5, 5.41) is 0. The lowest BCUT2D eigenvalue weighted by molar-refractivity contribution is 0.155. The SMILES string of the molecule is CCCC(F)(CN)Cc1c(F)cccc1F. The van der Waals surface area contributed by atoms with Crippen molar-refractivity contribution < 1.29 is 13.2 Å². The molecule has 0 saturated heterocycles. The van der Waals surface area contributed by atoms with Gasteiger partial charge in [-0.25, -0.2) is 13.2 Å². The van der Waals surface area contributed by atoms with E-state index < -0.39 is 17.3 Å². The number of alkyl halides is 1. The van der Waals surface area contributed by atoms with Gasteiger partial charge in [-0.2, -0.15) is 0 Å². The molecule has 90 valence electrons. The molecule has 0 bridgehead atoms. The summed E-state index contributed by atoms with van der Waals surface area (Å²) in [6, 6.07) is 3.51. The van der Waals surface area contributed by atoms with E-state index in [1.165, 1.54) is 6.07 Å². The van der Waals surface area contributed by atoms with Gasteiger partial charge < -0.3 is 5.73 Å². The molecule has 1 aromatic rings. The summed E-state index contributed by atoms with van der Waals surface area (Å²) in [6.45, 7) is 1.58. The highest BCUT2D eigenvalue weighted by Crippen LogP contribution is 2.25. The van der Waals surface area contributed by atoms with Gasteiger partial charge in [0.2, 0.25) is 0 Å². The molecule has 1 unspecified atom stereocenters. The van der Waals surface area contributed by atoms with E-state index in [4.69, 9.17) is 5.73 Å². The minimum atomic E-state index is -1.72. The van der Waals surface area contributed by atoms with Crippen LogP contribution < -0.4 is 5.73 Å². The minimum absolute atomic E-state index is 0.206. The van der Waals surface area contributed by atoms with Crippen LogP contribution in [-0.4, -0.2) is 12.2 Å². The van der Waals surface area contributed by atoms with E-state index in [0.717, 1.165) is 12.1 Å². The third-order valence-corrected chi connectivity index (χ3v) is 2.62. The maximum atomic E-state index is 14.1. The van der Waals surface area contributed by atoms with Crippen LogP contribution in [0.4, 0.5) is 13.2 Å². The third-order valence-electron chi connectivity index (χ3n) is 2.62. The van der Waals surface area contributed by atoms with E-state index in [1.54, 1.807) is 0 Å². The average molecular weight is 231 g/mol. The zero-order valence-corrected chi connectivity index (χ0v) is 9.27. The second-order valence-electron chi connectivity index (χ2n) is 3.98. The molecule has 0 amide bonds. The lowest BCUT2D eigenvalue weighted by atomic mass is 9.91. The Bertz CT molecular complexity index is 334. The van der Waals surface area contributed by atoms with Crippen LogP contribution in [0, 0.1) is 11.6 Å². The Morgan fingerprint density at radius 2 is 1.81 bits per heavy atom. The standard InChI is InChI=1S/C12H16F3N/c1-2-6-12(15,8-16)7-9-10(13)4-3-5-11(9)14/h3-5H,2,6-8,16H2,1H3. The van der Waals surface area contributed by atoms with E-state index in [2.05, 4.69) is 0 Å². The lowest BCUT2D eigenvalue weighted by Crippen LogP contribution is -2.35. The zero-order chi connectivity index (χ0) is 12.2. The third kappa shape index (κ3) is 2.98. The van der Waals surface area contributed by atoms with Crippen LogP contribution in [0.5, 0.6) is 0 Å². The maximum Gasteiger partial charge on any atom is 0.129 e. The molecule has 0 aliphatic rings. The second kappa shape index (κ2) is 5.34. The Hall–Kier alpha value is -1.03. The first-order valence-electron chi connectivity index (χ1n) is 5.34. The molecule has 1 nitrogen and oxygen atoms in total. The van der Waals surface area contributed by atoms with Gasteiger partial charge in [-0.1, -0.05) is 19.4 Å². The summed E-state index contributed by atoms with van der Waals surface area (Å²) in [4.78, 5) is 0. The predicted molar refractivity (Wildman–Crippen MR) is 57.9 cm³/mol. The fourth-order valence-corrected chi connectivity index (χ4v) is 1.73. The summed E-state index contributed by atoms with van der Waals surface area (Å²) >= 11 is 0. The molecule has 4 heteroatoms. The molecule has 2 N–H and O–H groups in total. The Morgan fingerprint density at radius 3 is 2.25 bits per heavy atom. The van der Waals surface area contributed by atoms with Crippen LogP contribution in [0.25, 0.3) is 0 Å². The second-order valence-corrected chi connectivity index (χ2v) is 3.98. The van der Waals surface area contributed by atoms with E-state index in [-0.39, 0.29) is 24.9 Å². The fourth-order valence-electron chi connectivity index (χ4n) is 1.73. The summed E-state index contributed by atoms with van der Waals surface area (Å²) < 4.78 is 40.7. The Morgan fingerprint density at radius 1 is 1.25 bits per heavy atom. The van der Waals surface area contributed by atoms with Crippen molar-refractivity contribution in [3.8, 4) is 0 Å². The van der Waals surface area contributed by atoms with Crippen molar-refractivity contribution in [2.75, 3.05) is 6.54 Å². The van der Waals surface area contributed by atoms with Crippen molar-refractivity contribution in [2.45, 2.75) is 31.9 Å². The smallest absolute Gasteiger partial charge is 0.129 e. The molecule has 1 aromatic carbocycles. The number of hydrogen-bond donors (Lipinski definition) is 1. The molecule has 0 spiro atoms. The minimum Gasteiger partial charge on any atom is -0.328 e. The van der Waals surface area contributed by atoms with Crippen LogP contribution in [0.3, 0.4) is 0 Å². The molecule has 1 atom stereocenters. The van der Waals surface area contributed by atoms with Crippen molar-refractivity contribution in [3.63, 3.8) is 0 Å². The Labute approximate surface area is 93.5 Å². The van der Waals surface area contributed by atoms with Crippen LogP contribution in [0.15, 0.2) is 18.2 Å². The molecule has 16 heavy (non-hydrogen) atoms. The molecule has 1 rings (SSSR count). The number of benzene rings is 1. The molecule has 0 saturated carbocycles. The van der Waals surface area contributed by atoms with Gasteiger partial charge in [0.15, 0.2) is 0 Å². The normalized spacial score (nSPS) is 14.8. The molecule has 0 heterocycles. The molecule has 0 aromatic heterocycles. The molecule has 0 aliphatic carbocycles. The van der Waals surface area contributed by atoms with Gasteiger partial charge in [0.25, 0.3) is 0 Å². The number of halogens is 3. The van der Waals surface area contributed by atoms with Gasteiger partial charge in [0.1, 0.15) is 17.3 Å². The van der Waals surface area contributed by atoms with Crippen molar-refractivity contribution in [1.82, 2.24) is 0 Å². The van der Waals surface area contributed by atoms with Gasteiger partial charge >= 0.3 is 0 Å². The van der Waals surface area contributed by atoms with E-state index in [0.29, 0.717) is 6.42 Å². The first kappa shape index (κ1) is 13.0. The fraction of sp³-hybridized carbons (Fsp3) is 0.500. The summed E-state index contributed by atoms with van der Waals surface area (Å²) in [5.74, 6) is -1.43. The number of rotatable bonds is 5. The molecule has 0 radical (unpaired) electrons. The average Bonchev–Trinajstić information content (AvgIpc) is 2.24. The molecule has 0 fully saturated rings. The van der Waals surface area contributed by atoms with Crippen molar-refractivity contribution >= 4 is 0 Å². The first-order valence-corrected chi connectivity index (χ1v) is 5.34. The predicted octanol–water partition coefficient (Wildman–Crippen LogP) is 2.97. The van der Waals surface area contributed by atoms with Gasteiger partial charge in [-0.3, -0.25) is 0 Å². The van der Waals surface area contributed by atoms with Crippen molar-refractivity contribution in [1.29, 1.82) is 0 Å². The quantitative estimate of drug-likeness (QED) is 0.828. The van der Waals surface area contributed by atoms with Gasteiger partial charge in [0.05, 0.1) is 0 Å². The molecular formula is C12H16F3N. The number of hydrogen-bond acceptors (Lipinski definition) is 1. The summed E-state index contributed by atoms with van der Waals surface area (Å²) in [6.07, 6.45) is 0.483. The summed E-state index contributed by atoms with van der Waals surface area (Å²) in [7, 11) is 0. The van der Waals surface area contributed by atoms with Crippen LogP contribution in [-0.2, 0) is 6.42 Å². The van der Waals surface area contributed by atoms with Gasteiger partial charge in [-0.05, 0) is 18.6 Å². The first-order chi connectivity index (χ1) is 7.52. The highest BCUT2D eigenvalue weighted by molar-refractivity contribution is 5.21. The highest BCUT2D eigenvalue weighted by Gasteiger charge is 2.29. The number of nitrogens with two attached hydrogens (primary N) is 1. The topological polar surface area (TPSA) is 26.0 Å². The highest BCUT2D eigenvalue weighted by atomic mass is 19.1. The monoisotopic (exact) mass is 231 g/mol. The largest absolute Gasteiger partial charge is 0.328 e. The van der Waals surface area contributed by atoms with E-state index in [9.17, 15) is 13.2 Å². The Kier molecular flexibility index (Phi) is 4.35. The summed E-state index contributed by atoms with van der Waals surface area (Å²) in [5.41, 5.74) is 3.38. The molecular weight excluding hydrogens is 215 g/mol. The van der Waals surface area contributed by atoms with E-state index >= 15 is 0 Å². The van der Waals surface area contributed by atoms with Crippen LogP contribution in [0.1, 0.15) is 25.3 Å². The molecule has 0 aliphatic heterocycles. The lowest BCUT2D eigenvalue weighted by Gasteiger charge is -2.23. The van der Waals surface area contributed by atoms with E-state index in [1.807, 2.05) is 6.92 Å². The van der Waals surface area contributed by atoms with Gasteiger partial charge in [-0.15, -0.1) is 0 Å². The Balaban J connectivity index is 2.94. The maximum absolute atomic E-state index is 14.1. The van der Waals surface area contributed by atoms with Gasteiger partial charge in [0, 0.05) is 18.5 Å². The van der Waals surface area contributed by atoms with Crippen LogP contribution in [0.2, 0.25) is 0 Å². The van der Waals surface area contributed by atoms with Crippen LogP contribution >= 0.6 is 0 Å². The zero-order valence-electron chi connectivity index (χ0n) is 9.27. The van der Waals surface area contributed by atoms with Crippen molar-refractivity contribution in [3.05, 3.63) is 35.4 Å². The van der Waals surface area contributed by atoms with Crippen molar-refractivity contribution in [2.24, 2.45) is 5.73 Å².